The Hall–Kier alpha value is -3.42. The summed E-state index contributed by atoms with van der Waals surface area (Å²) in [6, 6.07) is 11.4. The van der Waals surface area contributed by atoms with Gasteiger partial charge in [-0.2, -0.15) is 0 Å². The average molecular weight is 410 g/mol. The third-order valence-electron chi connectivity index (χ3n) is 5.51. The van der Waals surface area contributed by atoms with Crippen molar-refractivity contribution in [3.8, 4) is 0 Å². The van der Waals surface area contributed by atoms with Gasteiger partial charge in [-0.25, -0.2) is 4.39 Å². The first-order valence-corrected chi connectivity index (χ1v) is 10.0. The van der Waals surface area contributed by atoms with E-state index in [1.807, 2.05) is 0 Å². The van der Waals surface area contributed by atoms with Crippen LogP contribution in [0.2, 0.25) is 0 Å². The van der Waals surface area contributed by atoms with Crippen molar-refractivity contribution >= 4 is 22.6 Å². The Balaban J connectivity index is 1.56. The molecule has 1 amide bonds. The summed E-state index contributed by atoms with van der Waals surface area (Å²) in [5.41, 5.74) is 1.17. The molecule has 0 unspecified atom stereocenters. The van der Waals surface area contributed by atoms with Gasteiger partial charge in [-0.3, -0.25) is 14.4 Å². The van der Waals surface area contributed by atoms with Gasteiger partial charge in [-0.15, -0.1) is 0 Å². The Kier molecular flexibility index (Phi) is 5.39. The lowest BCUT2D eigenvalue weighted by Gasteiger charge is -2.24. The maximum atomic E-state index is 13.2. The van der Waals surface area contributed by atoms with Crippen molar-refractivity contribution in [3.63, 3.8) is 0 Å². The minimum absolute atomic E-state index is 0.118. The number of benzene rings is 2. The molecule has 8 heteroatoms. The Bertz CT molecular complexity index is 1200. The molecule has 156 valence electrons. The Morgan fingerprint density at radius 1 is 1.03 bits per heavy atom. The van der Waals surface area contributed by atoms with Crippen molar-refractivity contribution in [2.45, 2.75) is 19.9 Å². The molecule has 0 spiro atoms. The third kappa shape index (κ3) is 3.72. The molecule has 0 aliphatic carbocycles. The maximum Gasteiger partial charge on any atom is 0.316 e. The number of nitrogens with zero attached hydrogens (tertiary/aromatic N) is 3. The normalized spacial score (nSPS) is 14.7. The second-order valence-electron chi connectivity index (χ2n) is 7.34. The zero-order chi connectivity index (χ0) is 21.3. The molecular weight excluding hydrogens is 387 g/mol. The predicted molar refractivity (Wildman–Crippen MR) is 114 cm³/mol. The summed E-state index contributed by atoms with van der Waals surface area (Å²) in [6.07, 6.45) is 0.795. The van der Waals surface area contributed by atoms with E-state index in [9.17, 15) is 18.8 Å². The number of amides is 1. The second kappa shape index (κ2) is 8.14. The van der Waals surface area contributed by atoms with Crippen LogP contribution in [0.1, 0.15) is 23.7 Å². The standard InChI is InChI=1S/C22H23FN4O3/c1-2-27-19-9-4-15(14-18(19)24-20(28)22(27)30)21(29)26-11-3-10-25(12-13-26)17-7-5-16(23)6-8-17/h4-9,14H,2-3,10-13H2,1H3,(H,24,28). The first-order chi connectivity index (χ1) is 14.5. The maximum absolute atomic E-state index is 13.2. The van der Waals surface area contributed by atoms with Crippen LogP contribution in [0.3, 0.4) is 0 Å². The fourth-order valence-electron chi connectivity index (χ4n) is 3.94. The van der Waals surface area contributed by atoms with Crippen molar-refractivity contribution < 1.29 is 9.18 Å². The zero-order valence-electron chi connectivity index (χ0n) is 16.7. The molecule has 0 bridgehead atoms. The van der Waals surface area contributed by atoms with Gasteiger partial charge in [0.15, 0.2) is 0 Å². The van der Waals surface area contributed by atoms with Gasteiger partial charge in [0.25, 0.3) is 5.91 Å². The molecule has 1 aliphatic rings. The lowest BCUT2D eigenvalue weighted by Crippen LogP contribution is -2.36. The van der Waals surface area contributed by atoms with Crippen LogP contribution >= 0.6 is 0 Å². The number of aromatic nitrogens is 2. The number of carbonyl (C=O) groups excluding carboxylic acids is 1. The van der Waals surface area contributed by atoms with Crippen molar-refractivity contribution in [3.05, 3.63) is 74.6 Å². The van der Waals surface area contributed by atoms with Crippen LogP contribution in [-0.4, -0.2) is 46.5 Å². The van der Waals surface area contributed by atoms with Crippen LogP contribution < -0.4 is 16.0 Å². The first kappa shape index (κ1) is 19.9. The van der Waals surface area contributed by atoms with E-state index in [1.54, 1.807) is 42.2 Å². The SMILES string of the molecule is CCn1c(=O)c(=O)[nH]c2cc(C(=O)N3CCCN(c4ccc(F)cc4)CC3)ccc21. The summed E-state index contributed by atoms with van der Waals surface area (Å²) >= 11 is 0. The Morgan fingerprint density at radius 3 is 2.53 bits per heavy atom. The number of halogens is 1. The summed E-state index contributed by atoms with van der Waals surface area (Å²) in [4.78, 5) is 43.5. The van der Waals surface area contributed by atoms with Crippen molar-refractivity contribution in [2.24, 2.45) is 0 Å². The molecule has 0 atom stereocenters. The van der Waals surface area contributed by atoms with Crippen LogP contribution in [-0.2, 0) is 6.54 Å². The van der Waals surface area contributed by atoms with E-state index in [-0.39, 0.29) is 11.7 Å². The highest BCUT2D eigenvalue weighted by molar-refractivity contribution is 5.97. The highest BCUT2D eigenvalue weighted by atomic mass is 19.1. The van der Waals surface area contributed by atoms with Crippen LogP contribution in [0, 0.1) is 5.82 Å². The molecule has 3 aromatic rings. The van der Waals surface area contributed by atoms with E-state index in [1.165, 1.54) is 16.7 Å². The zero-order valence-corrected chi connectivity index (χ0v) is 16.7. The lowest BCUT2D eigenvalue weighted by molar-refractivity contribution is 0.0767. The molecular formula is C22H23FN4O3. The van der Waals surface area contributed by atoms with E-state index in [0.717, 1.165) is 18.7 Å². The summed E-state index contributed by atoms with van der Waals surface area (Å²) in [5.74, 6) is -0.388. The van der Waals surface area contributed by atoms with Crippen molar-refractivity contribution in [1.29, 1.82) is 0 Å². The number of anilines is 1. The summed E-state index contributed by atoms with van der Waals surface area (Å²) in [7, 11) is 0. The summed E-state index contributed by atoms with van der Waals surface area (Å²) in [5, 5.41) is 0. The second-order valence-corrected chi connectivity index (χ2v) is 7.34. The van der Waals surface area contributed by atoms with Gasteiger partial charge >= 0.3 is 11.1 Å². The molecule has 1 aromatic heterocycles. The van der Waals surface area contributed by atoms with Crippen molar-refractivity contribution in [2.75, 3.05) is 31.1 Å². The average Bonchev–Trinajstić information content (AvgIpc) is 3.01. The van der Waals surface area contributed by atoms with E-state index < -0.39 is 11.1 Å². The summed E-state index contributed by atoms with van der Waals surface area (Å²) < 4.78 is 14.6. The van der Waals surface area contributed by atoms with E-state index in [0.29, 0.717) is 42.8 Å². The quantitative estimate of drug-likeness (QED) is 0.672. The number of rotatable bonds is 3. The minimum Gasteiger partial charge on any atom is -0.370 e. The van der Waals surface area contributed by atoms with Crippen LogP contribution in [0.5, 0.6) is 0 Å². The van der Waals surface area contributed by atoms with Crippen LogP contribution in [0.15, 0.2) is 52.1 Å². The van der Waals surface area contributed by atoms with Gasteiger partial charge < -0.3 is 19.4 Å². The van der Waals surface area contributed by atoms with E-state index in [4.69, 9.17) is 0 Å². The smallest absolute Gasteiger partial charge is 0.316 e. The molecule has 30 heavy (non-hydrogen) atoms. The Morgan fingerprint density at radius 2 is 1.80 bits per heavy atom. The van der Waals surface area contributed by atoms with E-state index >= 15 is 0 Å². The predicted octanol–water partition coefficient (Wildman–Crippen LogP) is 2.20. The molecule has 4 rings (SSSR count). The number of carbonyl (C=O) groups is 1. The van der Waals surface area contributed by atoms with Gasteiger partial charge in [0.05, 0.1) is 11.0 Å². The number of H-pyrrole nitrogens is 1. The van der Waals surface area contributed by atoms with Gasteiger partial charge in [0.1, 0.15) is 5.82 Å². The van der Waals surface area contributed by atoms with Gasteiger partial charge in [-0.05, 0) is 55.8 Å². The highest BCUT2D eigenvalue weighted by Gasteiger charge is 2.21. The number of hydrogen-bond acceptors (Lipinski definition) is 4. The largest absolute Gasteiger partial charge is 0.370 e. The van der Waals surface area contributed by atoms with Gasteiger partial charge in [0, 0.05) is 44.0 Å². The molecule has 2 aromatic carbocycles. The monoisotopic (exact) mass is 410 g/mol. The third-order valence-corrected chi connectivity index (χ3v) is 5.51. The number of fused-ring (bicyclic) bond motifs is 1. The molecule has 1 N–H and O–H groups in total. The first-order valence-electron chi connectivity index (χ1n) is 10.0. The van der Waals surface area contributed by atoms with Gasteiger partial charge in [0.2, 0.25) is 0 Å². The highest BCUT2D eigenvalue weighted by Crippen LogP contribution is 2.19. The fourth-order valence-corrected chi connectivity index (χ4v) is 3.94. The molecule has 1 fully saturated rings. The molecule has 1 saturated heterocycles. The van der Waals surface area contributed by atoms with Crippen molar-refractivity contribution in [1.82, 2.24) is 14.5 Å². The minimum atomic E-state index is -0.696. The molecule has 2 heterocycles. The lowest BCUT2D eigenvalue weighted by atomic mass is 10.1. The molecule has 0 saturated carbocycles. The number of hydrogen-bond donors (Lipinski definition) is 1. The van der Waals surface area contributed by atoms with E-state index in [2.05, 4.69) is 9.88 Å². The number of nitrogens with one attached hydrogen (secondary N) is 1. The molecule has 1 aliphatic heterocycles. The summed E-state index contributed by atoms with van der Waals surface area (Å²) in [6.45, 7) is 4.75. The molecule has 7 nitrogen and oxygen atoms in total. The Labute approximate surface area is 172 Å². The fraction of sp³-hybridized carbons (Fsp3) is 0.318. The number of aromatic amines is 1. The van der Waals surface area contributed by atoms with Gasteiger partial charge in [-0.1, -0.05) is 0 Å². The topological polar surface area (TPSA) is 78.4 Å². The van der Waals surface area contributed by atoms with Crippen LogP contribution in [0.25, 0.3) is 11.0 Å². The molecule has 0 radical (unpaired) electrons. The van der Waals surface area contributed by atoms with Crippen LogP contribution in [0.4, 0.5) is 10.1 Å². The number of aryl methyl sites for hydroxylation is 1.